The van der Waals surface area contributed by atoms with Gasteiger partial charge in [0.05, 0.1) is 36.2 Å². The van der Waals surface area contributed by atoms with Gasteiger partial charge in [-0.3, -0.25) is 4.79 Å². The van der Waals surface area contributed by atoms with Crippen molar-refractivity contribution in [2.45, 2.75) is 0 Å². The molecule has 0 aliphatic carbocycles. The predicted octanol–water partition coefficient (Wildman–Crippen LogP) is 5.27. The van der Waals surface area contributed by atoms with Crippen molar-refractivity contribution in [1.29, 1.82) is 0 Å². The molecule has 162 valence electrons. The number of carbonyl (C=O) groups is 1. The Balaban J connectivity index is 1.81. The predicted molar refractivity (Wildman–Crippen MR) is 120 cm³/mol. The number of aromatic nitrogens is 1. The summed E-state index contributed by atoms with van der Waals surface area (Å²) < 4.78 is 38.1. The van der Waals surface area contributed by atoms with Crippen LogP contribution in [0, 0.1) is 11.6 Å². The lowest BCUT2D eigenvalue weighted by Crippen LogP contribution is -2.26. The number of halogens is 2. The molecule has 0 bridgehead atoms. The van der Waals surface area contributed by atoms with Gasteiger partial charge in [0.1, 0.15) is 11.6 Å². The van der Waals surface area contributed by atoms with Crippen molar-refractivity contribution >= 4 is 38.8 Å². The van der Waals surface area contributed by atoms with Crippen molar-refractivity contribution in [1.82, 2.24) is 4.98 Å². The van der Waals surface area contributed by atoms with Gasteiger partial charge in [0.2, 0.25) is 5.13 Å². The Kier molecular flexibility index (Phi) is 6.09. The zero-order chi connectivity index (χ0) is 22.7. The zero-order valence-electron chi connectivity index (χ0n) is 17.1. The lowest BCUT2D eigenvalue weighted by Gasteiger charge is -2.17. The highest BCUT2D eigenvalue weighted by Crippen LogP contribution is 2.35. The smallest absolute Gasteiger partial charge is 0.284 e. The number of hydrazone groups is 1. The molecule has 9 heteroatoms. The quantitative estimate of drug-likeness (QED) is 0.295. The molecular formula is C23H17F2N3O3S. The third-order valence-electron chi connectivity index (χ3n) is 4.54. The first kappa shape index (κ1) is 21.4. The maximum Gasteiger partial charge on any atom is 0.284 e. The molecule has 0 radical (unpaired) electrons. The van der Waals surface area contributed by atoms with Crippen molar-refractivity contribution in [3.05, 3.63) is 83.4 Å². The molecule has 0 spiro atoms. The van der Waals surface area contributed by atoms with Gasteiger partial charge < -0.3 is 9.47 Å². The number of nitrogens with zero attached hydrogens (tertiary/aromatic N) is 3. The van der Waals surface area contributed by atoms with Gasteiger partial charge in [0.15, 0.2) is 11.5 Å². The number of carbonyl (C=O) groups excluding carboxylic acids is 1. The molecule has 0 aliphatic rings. The van der Waals surface area contributed by atoms with Crippen LogP contribution < -0.4 is 14.5 Å². The normalized spacial score (nSPS) is 11.1. The summed E-state index contributed by atoms with van der Waals surface area (Å²) in [4.78, 5) is 18.0. The van der Waals surface area contributed by atoms with Crippen LogP contribution in [0.5, 0.6) is 11.5 Å². The van der Waals surface area contributed by atoms with Crippen molar-refractivity contribution < 1.29 is 23.0 Å². The van der Waals surface area contributed by atoms with Gasteiger partial charge in [-0.2, -0.15) is 10.1 Å². The van der Waals surface area contributed by atoms with Gasteiger partial charge in [0.25, 0.3) is 5.91 Å². The van der Waals surface area contributed by atoms with Gasteiger partial charge in [-0.1, -0.05) is 29.5 Å². The monoisotopic (exact) mass is 453 g/mol. The molecule has 4 rings (SSSR count). The molecule has 0 fully saturated rings. The van der Waals surface area contributed by atoms with Crippen molar-refractivity contribution in [3.63, 3.8) is 0 Å². The summed E-state index contributed by atoms with van der Waals surface area (Å²) in [5, 5.41) is 5.65. The third kappa shape index (κ3) is 4.28. The Morgan fingerprint density at radius 1 is 1.03 bits per heavy atom. The molecule has 1 aromatic heterocycles. The van der Waals surface area contributed by atoms with Crippen LogP contribution in [0.3, 0.4) is 0 Å². The van der Waals surface area contributed by atoms with Crippen molar-refractivity contribution in [2.24, 2.45) is 5.10 Å². The molecule has 0 saturated heterocycles. The highest BCUT2D eigenvalue weighted by Gasteiger charge is 2.25. The zero-order valence-corrected chi connectivity index (χ0v) is 17.9. The molecule has 3 aromatic carbocycles. The third-order valence-corrected chi connectivity index (χ3v) is 5.53. The second-order valence-corrected chi connectivity index (χ2v) is 7.57. The number of fused-ring (bicyclic) bond motifs is 1. The van der Waals surface area contributed by atoms with E-state index in [1.54, 1.807) is 18.2 Å². The highest BCUT2D eigenvalue weighted by molar-refractivity contribution is 7.22. The molecular weight excluding hydrogens is 436 g/mol. The van der Waals surface area contributed by atoms with E-state index < -0.39 is 11.7 Å². The number of hydrogen-bond donors (Lipinski definition) is 0. The molecule has 0 N–H and O–H groups in total. The summed E-state index contributed by atoms with van der Waals surface area (Å²) in [6.07, 6.45) is 1.41. The number of rotatable bonds is 6. The average Bonchev–Trinajstić information content (AvgIpc) is 3.22. The Morgan fingerprint density at radius 3 is 2.50 bits per heavy atom. The summed E-state index contributed by atoms with van der Waals surface area (Å²) in [6.45, 7) is 0. The van der Waals surface area contributed by atoms with Crippen LogP contribution in [0.25, 0.3) is 10.2 Å². The molecule has 0 unspecified atom stereocenters. The van der Waals surface area contributed by atoms with Gasteiger partial charge in [0, 0.05) is 0 Å². The van der Waals surface area contributed by atoms with Gasteiger partial charge in [-0.05, 0) is 48.0 Å². The van der Waals surface area contributed by atoms with Crippen LogP contribution in [-0.4, -0.2) is 31.3 Å². The number of para-hydroxylation sites is 1. The van der Waals surface area contributed by atoms with Gasteiger partial charge in [-0.15, -0.1) is 0 Å². The molecule has 0 aliphatic heterocycles. The number of benzene rings is 3. The first-order valence-corrected chi connectivity index (χ1v) is 10.2. The molecule has 0 atom stereocenters. The average molecular weight is 453 g/mol. The largest absolute Gasteiger partial charge is 0.493 e. The number of anilines is 1. The second-order valence-electron chi connectivity index (χ2n) is 6.56. The van der Waals surface area contributed by atoms with E-state index in [1.807, 2.05) is 0 Å². The first-order valence-electron chi connectivity index (χ1n) is 9.41. The summed E-state index contributed by atoms with van der Waals surface area (Å²) in [5.74, 6) is -0.695. The van der Waals surface area contributed by atoms with E-state index in [2.05, 4.69) is 10.1 Å². The Morgan fingerprint density at radius 2 is 1.78 bits per heavy atom. The number of methoxy groups -OCH3 is 2. The van der Waals surface area contributed by atoms with E-state index in [-0.39, 0.29) is 22.3 Å². The highest BCUT2D eigenvalue weighted by atomic mass is 32.1. The minimum absolute atomic E-state index is 0.202. The fourth-order valence-corrected chi connectivity index (χ4v) is 3.96. The fourth-order valence-electron chi connectivity index (χ4n) is 3.01. The molecule has 1 heterocycles. The first-order chi connectivity index (χ1) is 15.5. The van der Waals surface area contributed by atoms with Gasteiger partial charge >= 0.3 is 0 Å². The second kappa shape index (κ2) is 9.11. The van der Waals surface area contributed by atoms with Crippen LogP contribution in [0.2, 0.25) is 0 Å². The molecule has 6 nitrogen and oxygen atoms in total. The fraction of sp³-hybridized carbons (Fsp3) is 0.0870. The lowest BCUT2D eigenvalue weighted by molar-refractivity contribution is 0.0984. The molecule has 32 heavy (non-hydrogen) atoms. The number of hydrogen-bond acceptors (Lipinski definition) is 6. The maximum absolute atomic E-state index is 13.7. The van der Waals surface area contributed by atoms with E-state index in [9.17, 15) is 13.6 Å². The van der Waals surface area contributed by atoms with E-state index >= 15 is 0 Å². The van der Waals surface area contributed by atoms with Crippen molar-refractivity contribution in [2.75, 3.05) is 19.2 Å². The summed E-state index contributed by atoms with van der Waals surface area (Å²) in [6, 6.07) is 14.7. The standard InChI is InChI=1S/C23H17F2N3O3S/c1-30-19-5-3-4-17(21(19)31-2)22(29)28(26-13-14-6-8-15(24)9-7-14)23-27-18-11-10-16(25)12-20(18)32-23/h3-13H,1-2H3/b26-13+. The maximum atomic E-state index is 13.7. The Hall–Kier alpha value is -3.85. The molecule has 0 saturated carbocycles. The van der Waals surface area contributed by atoms with Gasteiger partial charge in [-0.25, -0.2) is 13.8 Å². The van der Waals surface area contributed by atoms with Crippen LogP contribution in [0.15, 0.2) is 65.8 Å². The van der Waals surface area contributed by atoms with Crippen LogP contribution >= 0.6 is 11.3 Å². The van der Waals surface area contributed by atoms with Crippen molar-refractivity contribution in [3.8, 4) is 11.5 Å². The summed E-state index contributed by atoms with van der Waals surface area (Å²) in [5.41, 5.74) is 1.31. The minimum Gasteiger partial charge on any atom is -0.493 e. The van der Waals surface area contributed by atoms with Crippen LogP contribution in [0.4, 0.5) is 13.9 Å². The van der Waals surface area contributed by atoms with E-state index in [0.717, 1.165) is 16.3 Å². The summed E-state index contributed by atoms with van der Waals surface area (Å²) in [7, 11) is 2.90. The topological polar surface area (TPSA) is 64.0 Å². The Labute approximate surface area is 186 Å². The minimum atomic E-state index is -0.529. The Bertz CT molecular complexity index is 1310. The number of ether oxygens (including phenoxy) is 2. The lowest BCUT2D eigenvalue weighted by atomic mass is 10.1. The SMILES string of the molecule is COc1cccc(C(=O)N(/N=C/c2ccc(F)cc2)c2nc3ccc(F)cc3s2)c1OC. The van der Waals surface area contributed by atoms with E-state index in [0.29, 0.717) is 21.5 Å². The van der Waals surface area contributed by atoms with Crippen LogP contribution in [-0.2, 0) is 0 Å². The molecule has 1 amide bonds. The van der Waals surface area contributed by atoms with E-state index in [4.69, 9.17) is 9.47 Å². The molecule has 4 aromatic rings. The number of amides is 1. The number of thiazole rings is 1. The van der Waals surface area contributed by atoms with E-state index in [1.165, 1.54) is 62.9 Å². The van der Waals surface area contributed by atoms with Crippen LogP contribution in [0.1, 0.15) is 15.9 Å². The summed E-state index contributed by atoms with van der Waals surface area (Å²) >= 11 is 1.11.